The van der Waals surface area contributed by atoms with E-state index in [0.29, 0.717) is 0 Å². The van der Waals surface area contributed by atoms with Crippen molar-refractivity contribution in [3.63, 3.8) is 0 Å². The van der Waals surface area contributed by atoms with E-state index in [1.807, 2.05) is 0 Å². The minimum atomic E-state index is 0.757. The van der Waals surface area contributed by atoms with E-state index in [-0.39, 0.29) is 0 Å². The van der Waals surface area contributed by atoms with E-state index in [1.165, 1.54) is 76.2 Å². The predicted octanol–water partition coefficient (Wildman–Crippen LogP) is 7.96. The zero-order valence-electron chi connectivity index (χ0n) is 18.3. The quantitative estimate of drug-likeness (QED) is 0.442. The number of rotatable bonds is 6. The minimum absolute atomic E-state index is 0.757. The molecule has 0 radical (unpaired) electrons. The molecule has 2 fully saturated rings. The lowest BCUT2D eigenvalue weighted by molar-refractivity contribution is 0.224. The van der Waals surface area contributed by atoms with Gasteiger partial charge in [-0.1, -0.05) is 88.8 Å². The highest BCUT2D eigenvalue weighted by Gasteiger charge is 2.23. The summed E-state index contributed by atoms with van der Waals surface area (Å²) in [4.78, 5) is 0. The largest absolute Gasteiger partial charge is 0.0730 e. The van der Waals surface area contributed by atoms with Gasteiger partial charge in [0.05, 0.1) is 0 Å². The molecule has 0 N–H and O–H groups in total. The number of allylic oxidation sites excluding steroid dienone is 2. The van der Waals surface area contributed by atoms with Crippen LogP contribution in [0.3, 0.4) is 0 Å². The van der Waals surface area contributed by atoms with Gasteiger partial charge in [-0.05, 0) is 79.5 Å². The minimum Gasteiger partial charge on any atom is -0.0730 e. The van der Waals surface area contributed by atoms with Crippen LogP contribution in [0.15, 0.2) is 36.4 Å². The Labute approximate surface area is 174 Å². The van der Waals surface area contributed by atoms with Crippen molar-refractivity contribution in [3.8, 4) is 11.8 Å². The van der Waals surface area contributed by atoms with E-state index in [0.717, 1.165) is 35.7 Å². The Hall–Kier alpha value is -1.48. The Kier molecular flexibility index (Phi) is 8.72. The Bertz CT molecular complexity index is 638. The summed E-state index contributed by atoms with van der Waals surface area (Å²) >= 11 is 0. The molecule has 0 amide bonds. The summed E-state index contributed by atoms with van der Waals surface area (Å²) in [6, 6.07) is 8.65. The molecule has 2 aliphatic rings. The number of hydrogen-bond donors (Lipinski definition) is 0. The average Bonchev–Trinajstić information content (AvgIpc) is 2.77. The molecule has 0 spiro atoms. The van der Waals surface area contributed by atoms with Gasteiger partial charge in [-0.2, -0.15) is 0 Å². The highest BCUT2D eigenvalue weighted by molar-refractivity contribution is 5.38. The first-order valence-corrected chi connectivity index (χ1v) is 12.0. The molecule has 0 aliphatic heterocycles. The van der Waals surface area contributed by atoms with Crippen LogP contribution in [0, 0.1) is 35.5 Å². The molecule has 0 unspecified atom stereocenters. The van der Waals surface area contributed by atoms with Crippen molar-refractivity contribution in [3.05, 3.63) is 47.5 Å². The van der Waals surface area contributed by atoms with Gasteiger partial charge in [0.15, 0.2) is 0 Å². The van der Waals surface area contributed by atoms with E-state index >= 15 is 0 Å². The summed E-state index contributed by atoms with van der Waals surface area (Å²) < 4.78 is 0. The third kappa shape index (κ3) is 6.84. The van der Waals surface area contributed by atoms with Gasteiger partial charge in [-0.3, -0.25) is 0 Å². The van der Waals surface area contributed by atoms with Gasteiger partial charge in [-0.25, -0.2) is 0 Å². The molecule has 0 atom stereocenters. The van der Waals surface area contributed by atoms with Crippen LogP contribution in [0.4, 0.5) is 0 Å². The zero-order chi connectivity index (χ0) is 19.6. The van der Waals surface area contributed by atoms with Crippen LogP contribution in [0.2, 0.25) is 0 Å². The van der Waals surface area contributed by atoms with E-state index in [4.69, 9.17) is 0 Å². The molecule has 28 heavy (non-hydrogen) atoms. The topological polar surface area (TPSA) is 0 Å². The summed E-state index contributed by atoms with van der Waals surface area (Å²) in [7, 11) is 0. The predicted molar refractivity (Wildman–Crippen MR) is 122 cm³/mol. The second-order valence-electron chi connectivity index (χ2n) is 9.33. The molecule has 1 aromatic rings. The standard InChI is InChI=1S/C28H40/c1-3-23-9-13-25(14-10-23)7-5-6-8-26-17-19-28(20-18-26)22-21-27-15-11-24(4-2)12-16-27/h6,8-10,13-14,24,26-28H,3-4,11-12,15-22H2,1-2H3. The number of aryl methyl sites for hydroxylation is 1. The maximum Gasteiger partial charge on any atom is 0.0249 e. The molecule has 1 aromatic carbocycles. The summed E-state index contributed by atoms with van der Waals surface area (Å²) in [5.74, 6) is 10.4. The van der Waals surface area contributed by atoms with Crippen LogP contribution in [0.1, 0.15) is 95.6 Å². The third-order valence-electron chi connectivity index (χ3n) is 7.45. The first-order valence-electron chi connectivity index (χ1n) is 12.0. The monoisotopic (exact) mass is 376 g/mol. The SMILES string of the molecule is CCc1ccc(C#CC=CC2CCC(CCC3CCC(CC)CC3)CC2)cc1. The second kappa shape index (κ2) is 11.5. The van der Waals surface area contributed by atoms with Gasteiger partial charge >= 0.3 is 0 Å². The van der Waals surface area contributed by atoms with Crippen LogP contribution in [-0.4, -0.2) is 0 Å². The van der Waals surface area contributed by atoms with E-state index in [9.17, 15) is 0 Å². The van der Waals surface area contributed by atoms with Gasteiger partial charge in [-0.15, -0.1) is 0 Å². The fourth-order valence-corrected chi connectivity index (χ4v) is 5.20. The summed E-state index contributed by atoms with van der Waals surface area (Å²) in [6.45, 7) is 4.56. The summed E-state index contributed by atoms with van der Waals surface area (Å²) in [5.41, 5.74) is 2.50. The van der Waals surface area contributed by atoms with Crippen molar-refractivity contribution in [2.75, 3.05) is 0 Å². The van der Waals surface area contributed by atoms with Gasteiger partial charge in [0.2, 0.25) is 0 Å². The Morgan fingerprint density at radius 2 is 1.36 bits per heavy atom. The molecule has 0 bridgehead atoms. The molecule has 0 aromatic heterocycles. The smallest absolute Gasteiger partial charge is 0.0249 e. The van der Waals surface area contributed by atoms with Gasteiger partial charge in [0.25, 0.3) is 0 Å². The van der Waals surface area contributed by atoms with Crippen LogP contribution in [-0.2, 0) is 6.42 Å². The summed E-state index contributed by atoms with van der Waals surface area (Å²) in [6.07, 6.45) is 21.6. The Morgan fingerprint density at radius 3 is 1.93 bits per heavy atom. The lowest BCUT2D eigenvalue weighted by atomic mass is 9.75. The van der Waals surface area contributed by atoms with Crippen LogP contribution in [0.25, 0.3) is 0 Å². The van der Waals surface area contributed by atoms with Crippen molar-refractivity contribution >= 4 is 0 Å². The molecular formula is C28H40. The van der Waals surface area contributed by atoms with Crippen LogP contribution in [0.5, 0.6) is 0 Å². The summed E-state index contributed by atoms with van der Waals surface area (Å²) in [5, 5.41) is 0. The fourth-order valence-electron chi connectivity index (χ4n) is 5.20. The van der Waals surface area contributed by atoms with Crippen molar-refractivity contribution in [1.29, 1.82) is 0 Å². The van der Waals surface area contributed by atoms with Gasteiger partial charge in [0.1, 0.15) is 0 Å². The fraction of sp³-hybridized carbons (Fsp3) is 0.643. The lowest BCUT2D eigenvalue weighted by Crippen LogP contribution is -2.17. The van der Waals surface area contributed by atoms with E-state index in [2.05, 4.69) is 62.1 Å². The molecule has 152 valence electrons. The molecule has 0 nitrogen and oxygen atoms in total. The van der Waals surface area contributed by atoms with Crippen LogP contribution < -0.4 is 0 Å². The van der Waals surface area contributed by atoms with E-state index < -0.39 is 0 Å². The molecule has 3 rings (SSSR count). The maximum atomic E-state index is 3.27. The average molecular weight is 377 g/mol. The van der Waals surface area contributed by atoms with Gasteiger partial charge < -0.3 is 0 Å². The molecule has 0 heterocycles. The first kappa shape index (κ1) is 21.2. The normalized spacial score (nSPS) is 28.1. The highest BCUT2D eigenvalue weighted by Crippen LogP contribution is 2.37. The third-order valence-corrected chi connectivity index (χ3v) is 7.45. The highest BCUT2D eigenvalue weighted by atomic mass is 14.3. The van der Waals surface area contributed by atoms with Crippen molar-refractivity contribution in [1.82, 2.24) is 0 Å². The Balaban J connectivity index is 1.33. The molecule has 0 heteroatoms. The van der Waals surface area contributed by atoms with Crippen LogP contribution >= 0.6 is 0 Å². The number of hydrogen-bond acceptors (Lipinski definition) is 0. The molecule has 0 saturated heterocycles. The van der Waals surface area contributed by atoms with Crippen molar-refractivity contribution in [2.24, 2.45) is 23.7 Å². The van der Waals surface area contributed by atoms with Gasteiger partial charge in [0, 0.05) is 5.56 Å². The van der Waals surface area contributed by atoms with Crippen molar-refractivity contribution < 1.29 is 0 Å². The molecular weight excluding hydrogens is 336 g/mol. The molecule has 2 saturated carbocycles. The second-order valence-corrected chi connectivity index (χ2v) is 9.33. The molecule has 2 aliphatic carbocycles. The number of benzene rings is 1. The lowest BCUT2D eigenvalue weighted by Gasteiger charge is -2.31. The zero-order valence-corrected chi connectivity index (χ0v) is 18.3. The Morgan fingerprint density at radius 1 is 0.786 bits per heavy atom. The first-order chi connectivity index (χ1) is 13.8. The maximum absolute atomic E-state index is 3.27. The van der Waals surface area contributed by atoms with Crippen molar-refractivity contribution in [2.45, 2.75) is 90.9 Å². The van der Waals surface area contributed by atoms with E-state index in [1.54, 1.807) is 0 Å².